The highest BCUT2D eigenvalue weighted by Crippen LogP contribution is 2.37. The molecule has 1 heterocycles. The smallest absolute Gasteiger partial charge is 0.180 e. The van der Waals surface area contributed by atoms with Gasteiger partial charge in [-0.15, -0.1) is 0 Å². The fraction of sp³-hybridized carbons (Fsp3) is 0.571. The van der Waals surface area contributed by atoms with Crippen molar-refractivity contribution in [1.82, 2.24) is 5.32 Å². The number of benzene rings is 1. The third-order valence-corrected chi connectivity index (χ3v) is 6.06. The average molecular weight is 265 g/mol. The van der Waals surface area contributed by atoms with Gasteiger partial charge in [-0.3, -0.25) is 0 Å². The zero-order chi connectivity index (χ0) is 12.8. The topological polar surface area (TPSA) is 46.2 Å². The zero-order valence-electron chi connectivity index (χ0n) is 10.6. The number of rotatable bonds is 2. The number of hydrogen-bond acceptors (Lipinski definition) is 3. The van der Waals surface area contributed by atoms with Crippen LogP contribution < -0.4 is 5.32 Å². The lowest BCUT2D eigenvalue weighted by atomic mass is 9.97. The maximum atomic E-state index is 12.1. The van der Waals surface area contributed by atoms with Crippen LogP contribution in [0.4, 0.5) is 0 Å². The highest BCUT2D eigenvalue weighted by molar-refractivity contribution is 7.91. The van der Waals surface area contributed by atoms with Crippen LogP contribution in [0.25, 0.3) is 0 Å². The summed E-state index contributed by atoms with van der Waals surface area (Å²) in [7, 11) is -3.09. The first-order valence-corrected chi connectivity index (χ1v) is 8.25. The van der Waals surface area contributed by atoms with E-state index < -0.39 is 9.84 Å². The minimum atomic E-state index is -3.09. The van der Waals surface area contributed by atoms with E-state index in [1.54, 1.807) is 12.1 Å². The lowest BCUT2D eigenvalue weighted by Crippen LogP contribution is -2.42. The van der Waals surface area contributed by atoms with Crippen LogP contribution in [0.2, 0.25) is 0 Å². The lowest BCUT2D eigenvalue weighted by molar-refractivity contribution is 0.329. The van der Waals surface area contributed by atoms with Crippen LogP contribution in [0.15, 0.2) is 29.2 Å². The molecule has 0 aromatic heterocycles. The Labute approximate surface area is 109 Å². The first-order valence-electron chi connectivity index (χ1n) is 6.60. The molecule has 1 aromatic rings. The van der Waals surface area contributed by atoms with Crippen molar-refractivity contribution in [3.63, 3.8) is 0 Å². The number of hydrogen-bond donors (Lipinski definition) is 1. The van der Waals surface area contributed by atoms with Gasteiger partial charge in [0.1, 0.15) is 0 Å². The van der Waals surface area contributed by atoms with E-state index in [-0.39, 0.29) is 17.3 Å². The summed E-state index contributed by atoms with van der Waals surface area (Å²) < 4.78 is 24.2. The van der Waals surface area contributed by atoms with Crippen molar-refractivity contribution in [2.24, 2.45) is 0 Å². The van der Waals surface area contributed by atoms with E-state index in [4.69, 9.17) is 0 Å². The third kappa shape index (κ3) is 1.97. The molecule has 0 saturated heterocycles. The first-order chi connectivity index (χ1) is 8.50. The molecule has 0 spiro atoms. The van der Waals surface area contributed by atoms with Gasteiger partial charge in [-0.05, 0) is 31.4 Å². The molecular weight excluding hydrogens is 246 g/mol. The van der Waals surface area contributed by atoms with Crippen molar-refractivity contribution >= 4 is 9.84 Å². The molecule has 1 saturated carbocycles. The maximum absolute atomic E-state index is 12.1. The van der Waals surface area contributed by atoms with Gasteiger partial charge in [-0.2, -0.15) is 0 Å². The molecule has 1 atom stereocenters. The van der Waals surface area contributed by atoms with E-state index in [1.165, 1.54) is 12.8 Å². The van der Waals surface area contributed by atoms with Crippen LogP contribution in [0.5, 0.6) is 0 Å². The fourth-order valence-electron chi connectivity index (χ4n) is 3.29. The monoisotopic (exact) mass is 265 g/mol. The number of nitrogens with one attached hydrogen (secondary N) is 1. The van der Waals surface area contributed by atoms with Gasteiger partial charge in [0.2, 0.25) is 0 Å². The molecule has 1 aromatic carbocycles. The summed E-state index contributed by atoms with van der Waals surface area (Å²) in [5.74, 6) is 0.210. The van der Waals surface area contributed by atoms with Crippen LogP contribution in [-0.4, -0.2) is 19.7 Å². The normalized spacial score (nSPS) is 28.2. The summed E-state index contributed by atoms with van der Waals surface area (Å²) in [5, 5.41) is 3.59. The van der Waals surface area contributed by atoms with Crippen molar-refractivity contribution < 1.29 is 8.42 Å². The summed E-state index contributed by atoms with van der Waals surface area (Å²) in [6.07, 6.45) is 4.77. The molecule has 0 amide bonds. The molecule has 0 radical (unpaired) electrons. The molecule has 1 N–H and O–H groups in total. The predicted octanol–water partition coefficient (Wildman–Crippen LogP) is 2.44. The Kier molecular flexibility index (Phi) is 2.75. The quantitative estimate of drug-likeness (QED) is 0.893. The molecule has 1 aliphatic carbocycles. The van der Waals surface area contributed by atoms with E-state index in [1.807, 2.05) is 12.1 Å². The van der Waals surface area contributed by atoms with Gasteiger partial charge in [-0.1, -0.05) is 31.0 Å². The van der Waals surface area contributed by atoms with Gasteiger partial charge >= 0.3 is 0 Å². The maximum Gasteiger partial charge on any atom is 0.180 e. The van der Waals surface area contributed by atoms with Crippen molar-refractivity contribution in [1.29, 1.82) is 0 Å². The Bertz CT molecular complexity index is 559. The predicted molar refractivity (Wildman–Crippen MR) is 71.2 cm³/mol. The highest BCUT2D eigenvalue weighted by atomic mass is 32.2. The second-order valence-electron chi connectivity index (χ2n) is 5.78. The lowest BCUT2D eigenvalue weighted by Gasteiger charge is -2.29. The molecule has 98 valence electrons. The Morgan fingerprint density at radius 3 is 2.61 bits per heavy atom. The average Bonchev–Trinajstić information content (AvgIpc) is 2.84. The van der Waals surface area contributed by atoms with E-state index in [0.29, 0.717) is 4.90 Å². The molecular formula is C14H19NO2S. The molecule has 1 aliphatic heterocycles. The molecule has 0 bridgehead atoms. The second-order valence-corrected chi connectivity index (χ2v) is 7.79. The first kappa shape index (κ1) is 12.2. The Morgan fingerprint density at radius 2 is 1.89 bits per heavy atom. The van der Waals surface area contributed by atoms with E-state index in [0.717, 1.165) is 18.4 Å². The van der Waals surface area contributed by atoms with Crippen LogP contribution in [0, 0.1) is 0 Å². The van der Waals surface area contributed by atoms with Gasteiger partial charge in [-0.25, -0.2) is 8.42 Å². The highest BCUT2D eigenvalue weighted by Gasteiger charge is 2.39. The largest absolute Gasteiger partial charge is 0.304 e. The number of sulfone groups is 1. The minimum Gasteiger partial charge on any atom is -0.304 e. The molecule has 1 fully saturated rings. The van der Waals surface area contributed by atoms with Crippen molar-refractivity contribution in [2.75, 3.05) is 5.75 Å². The zero-order valence-corrected chi connectivity index (χ0v) is 11.5. The van der Waals surface area contributed by atoms with Crippen LogP contribution >= 0.6 is 0 Å². The summed E-state index contributed by atoms with van der Waals surface area (Å²) in [6, 6.07) is 7.36. The fourth-order valence-corrected chi connectivity index (χ4v) is 5.03. The van der Waals surface area contributed by atoms with Crippen molar-refractivity contribution in [2.45, 2.75) is 49.1 Å². The van der Waals surface area contributed by atoms with E-state index in [9.17, 15) is 8.42 Å². The van der Waals surface area contributed by atoms with Gasteiger partial charge in [0.15, 0.2) is 9.84 Å². The van der Waals surface area contributed by atoms with Crippen LogP contribution in [0.3, 0.4) is 0 Å². The van der Waals surface area contributed by atoms with Crippen molar-refractivity contribution in [3.8, 4) is 0 Å². The SMILES string of the molecule is CC1(NC2CS(=O)(=O)c3ccccc32)CCCC1. The van der Waals surface area contributed by atoms with Gasteiger partial charge in [0.05, 0.1) is 10.6 Å². The van der Waals surface area contributed by atoms with Gasteiger partial charge < -0.3 is 5.32 Å². The molecule has 4 heteroatoms. The van der Waals surface area contributed by atoms with E-state index >= 15 is 0 Å². The standard InChI is InChI=1S/C14H19NO2S/c1-14(8-4-5-9-14)15-12-10-18(16,17)13-7-3-2-6-11(12)13/h2-3,6-7,12,15H,4-5,8-10H2,1H3. The molecule has 3 nitrogen and oxygen atoms in total. The summed E-state index contributed by atoms with van der Waals surface area (Å²) in [4.78, 5) is 0.518. The molecule has 3 rings (SSSR count). The Hall–Kier alpha value is -0.870. The summed E-state index contributed by atoms with van der Waals surface area (Å²) in [5.41, 5.74) is 1.06. The third-order valence-electron chi connectivity index (χ3n) is 4.25. The Balaban J connectivity index is 1.92. The summed E-state index contributed by atoms with van der Waals surface area (Å²) in [6.45, 7) is 2.22. The minimum absolute atomic E-state index is 0.0331. The Morgan fingerprint density at radius 1 is 1.22 bits per heavy atom. The van der Waals surface area contributed by atoms with Gasteiger partial charge in [0, 0.05) is 11.6 Å². The number of fused-ring (bicyclic) bond motifs is 1. The van der Waals surface area contributed by atoms with Gasteiger partial charge in [0.25, 0.3) is 0 Å². The summed E-state index contributed by atoms with van der Waals surface area (Å²) >= 11 is 0. The van der Waals surface area contributed by atoms with Crippen molar-refractivity contribution in [3.05, 3.63) is 29.8 Å². The molecule has 18 heavy (non-hydrogen) atoms. The molecule has 1 unspecified atom stereocenters. The van der Waals surface area contributed by atoms with E-state index in [2.05, 4.69) is 12.2 Å². The second kappa shape index (κ2) is 4.07. The van der Waals surface area contributed by atoms with Crippen LogP contribution in [0.1, 0.15) is 44.2 Å². The molecule has 2 aliphatic rings. The van der Waals surface area contributed by atoms with Crippen LogP contribution in [-0.2, 0) is 9.84 Å².